The summed E-state index contributed by atoms with van der Waals surface area (Å²) < 4.78 is 20.7. The van der Waals surface area contributed by atoms with Gasteiger partial charge in [-0.15, -0.1) is 0 Å². The second kappa shape index (κ2) is 10.1. The lowest BCUT2D eigenvalue weighted by molar-refractivity contribution is -0.157. The zero-order valence-corrected chi connectivity index (χ0v) is 20.6. The van der Waals surface area contributed by atoms with Crippen LogP contribution in [0.1, 0.15) is 6.42 Å². The van der Waals surface area contributed by atoms with Crippen LogP contribution in [-0.2, 0) is 20.9 Å². The number of benzene rings is 1. The van der Waals surface area contributed by atoms with Crippen LogP contribution in [0.5, 0.6) is 0 Å². The Kier molecular flexibility index (Phi) is 6.68. The van der Waals surface area contributed by atoms with E-state index in [1.54, 1.807) is 30.9 Å². The van der Waals surface area contributed by atoms with Crippen molar-refractivity contribution in [3.8, 4) is 10.4 Å². The van der Waals surface area contributed by atoms with Gasteiger partial charge in [0.05, 0.1) is 36.1 Å². The molecular formula is C25H24FN7O3S. The summed E-state index contributed by atoms with van der Waals surface area (Å²) in [7, 11) is 0. The number of halogens is 1. The van der Waals surface area contributed by atoms with Gasteiger partial charge in [-0.3, -0.25) is 9.59 Å². The van der Waals surface area contributed by atoms with Gasteiger partial charge in [0.15, 0.2) is 5.13 Å². The summed E-state index contributed by atoms with van der Waals surface area (Å²) in [5.74, 6) is -0.727. The summed E-state index contributed by atoms with van der Waals surface area (Å²) in [5.41, 5.74) is 6.82. The maximum absolute atomic E-state index is 13.2. The number of carbonyl (C=O) groups excluding carboxylic acids is 2. The monoisotopic (exact) mass is 521 g/mol. The first-order chi connectivity index (χ1) is 17.9. The van der Waals surface area contributed by atoms with Gasteiger partial charge >= 0.3 is 0 Å². The smallest absolute Gasteiger partial charge is 0.247 e. The van der Waals surface area contributed by atoms with Crippen LogP contribution in [0.4, 0.5) is 15.3 Å². The molecule has 0 spiro atoms. The normalized spacial score (nSPS) is 17.6. The molecule has 190 valence electrons. The zero-order valence-electron chi connectivity index (χ0n) is 19.8. The van der Waals surface area contributed by atoms with Crippen molar-refractivity contribution in [2.45, 2.75) is 18.5 Å². The second-order valence-corrected chi connectivity index (χ2v) is 9.58. The van der Waals surface area contributed by atoms with Crippen LogP contribution < -0.4 is 11.1 Å². The highest BCUT2D eigenvalue weighted by Gasteiger charge is 2.46. The van der Waals surface area contributed by atoms with Gasteiger partial charge in [0, 0.05) is 25.4 Å². The third-order valence-electron chi connectivity index (χ3n) is 6.36. The molecule has 2 amide bonds. The van der Waals surface area contributed by atoms with Crippen LogP contribution in [0.25, 0.3) is 21.5 Å². The van der Waals surface area contributed by atoms with E-state index >= 15 is 0 Å². The van der Waals surface area contributed by atoms with Gasteiger partial charge in [-0.1, -0.05) is 30.0 Å². The second-order valence-electron chi connectivity index (χ2n) is 8.55. The van der Waals surface area contributed by atoms with E-state index in [9.17, 15) is 14.0 Å². The van der Waals surface area contributed by atoms with Gasteiger partial charge in [-0.2, -0.15) is 0 Å². The van der Waals surface area contributed by atoms with Crippen LogP contribution >= 0.6 is 11.3 Å². The molecule has 1 fully saturated rings. The van der Waals surface area contributed by atoms with E-state index in [0.29, 0.717) is 29.6 Å². The molecule has 10 nitrogen and oxygen atoms in total. The van der Waals surface area contributed by atoms with Crippen molar-refractivity contribution in [3.63, 3.8) is 0 Å². The topological polar surface area (TPSA) is 128 Å². The number of aromatic nitrogens is 4. The van der Waals surface area contributed by atoms with E-state index in [1.807, 2.05) is 10.6 Å². The number of rotatable bonds is 8. The molecule has 1 saturated heterocycles. The maximum atomic E-state index is 13.2. The Balaban J connectivity index is 1.36. The van der Waals surface area contributed by atoms with Gasteiger partial charge in [0.2, 0.25) is 11.8 Å². The minimum atomic E-state index is -1.29. The number of fused-ring (bicyclic) bond motifs is 1. The number of nitrogens with zero attached hydrogens (tertiary/aromatic N) is 5. The highest BCUT2D eigenvalue weighted by Crippen LogP contribution is 2.31. The number of morpholine rings is 1. The number of pyridine rings is 1. The van der Waals surface area contributed by atoms with Crippen molar-refractivity contribution in [1.29, 1.82) is 0 Å². The summed E-state index contributed by atoms with van der Waals surface area (Å²) in [4.78, 5) is 40.6. The summed E-state index contributed by atoms with van der Waals surface area (Å²) in [6.45, 7) is 4.50. The average Bonchev–Trinajstić information content (AvgIpc) is 3.54. The Bertz CT molecular complexity index is 1470. The van der Waals surface area contributed by atoms with Crippen molar-refractivity contribution >= 4 is 45.1 Å². The average molecular weight is 522 g/mol. The summed E-state index contributed by atoms with van der Waals surface area (Å²) in [6.07, 6.45) is 6.44. The fourth-order valence-electron chi connectivity index (χ4n) is 4.36. The molecule has 1 unspecified atom stereocenters. The summed E-state index contributed by atoms with van der Waals surface area (Å²) >= 11 is 1.42. The van der Waals surface area contributed by atoms with Crippen molar-refractivity contribution in [2.75, 3.05) is 25.1 Å². The SMILES string of the molecule is C=CC(=O)N1CCOCC1(CCn1cnc2cnc(Nc3ncc(-c4ccc(F)cc4)s3)cc21)C(N)=O. The summed E-state index contributed by atoms with van der Waals surface area (Å²) in [6, 6.07) is 8.06. The Morgan fingerprint density at radius 2 is 2.05 bits per heavy atom. The number of ether oxygens (including phenoxy) is 1. The van der Waals surface area contributed by atoms with E-state index in [-0.39, 0.29) is 31.3 Å². The Morgan fingerprint density at radius 3 is 2.81 bits per heavy atom. The number of nitrogens with two attached hydrogens (primary N) is 1. The molecule has 1 aromatic carbocycles. The number of amides is 2. The van der Waals surface area contributed by atoms with Crippen molar-refractivity contribution in [1.82, 2.24) is 24.4 Å². The molecule has 3 N–H and O–H groups in total. The molecule has 1 aliphatic rings. The van der Waals surface area contributed by atoms with E-state index in [2.05, 4.69) is 26.8 Å². The van der Waals surface area contributed by atoms with E-state index < -0.39 is 11.4 Å². The molecule has 5 rings (SSSR count). The lowest BCUT2D eigenvalue weighted by Crippen LogP contribution is -2.65. The predicted molar refractivity (Wildman–Crippen MR) is 138 cm³/mol. The minimum absolute atomic E-state index is 0.0172. The molecule has 1 atom stereocenters. The Labute approximate surface area is 215 Å². The number of carbonyl (C=O) groups is 2. The largest absolute Gasteiger partial charge is 0.377 e. The van der Waals surface area contributed by atoms with Crippen LogP contribution in [0.15, 0.2) is 61.7 Å². The van der Waals surface area contributed by atoms with E-state index in [0.717, 1.165) is 16.0 Å². The van der Waals surface area contributed by atoms with Gasteiger partial charge in [-0.25, -0.2) is 19.3 Å². The molecule has 1 aliphatic heterocycles. The van der Waals surface area contributed by atoms with Gasteiger partial charge in [-0.05, 0) is 30.2 Å². The number of thiazole rings is 1. The lowest BCUT2D eigenvalue weighted by atomic mass is 9.91. The van der Waals surface area contributed by atoms with Crippen molar-refractivity contribution in [3.05, 3.63) is 67.5 Å². The number of imidazole rings is 1. The first-order valence-electron chi connectivity index (χ1n) is 11.5. The summed E-state index contributed by atoms with van der Waals surface area (Å²) in [5, 5.41) is 3.83. The van der Waals surface area contributed by atoms with Crippen molar-refractivity contribution < 1.29 is 18.7 Å². The minimum Gasteiger partial charge on any atom is -0.377 e. The number of hydrogen-bond acceptors (Lipinski definition) is 8. The number of primary amides is 1. The van der Waals surface area contributed by atoms with E-state index in [4.69, 9.17) is 10.5 Å². The molecule has 0 saturated carbocycles. The van der Waals surface area contributed by atoms with Gasteiger partial charge < -0.3 is 25.3 Å². The van der Waals surface area contributed by atoms with Crippen LogP contribution in [0, 0.1) is 5.82 Å². The fraction of sp³-hybridized carbons (Fsp3) is 0.240. The quantitative estimate of drug-likeness (QED) is 0.341. The van der Waals surface area contributed by atoms with Gasteiger partial charge in [0.1, 0.15) is 22.7 Å². The third-order valence-corrected chi connectivity index (χ3v) is 7.32. The Morgan fingerprint density at radius 1 is 1.24 bits per heavy atom. The maximum Gasteiger partial charge on any atom is 0.247 e. The molecule has 3 aromatic heterocycles. The van der Waals surface area contributed by atoms with Crippen LogP contribution in [-0.4, -0.2) is 61.5 Å². The van der Waals surface area contributed by atoms with Crippen LogP contribution in [0.3, 0.4) is 0 Å². The third kappa shape index (κ3) is 4.80. The standard InChI is InChI=1S/C25H24FN7O3S/c1-2-22(34)33-9-10-36-14-25(33,23(27)35)7-8-32-15-30-18-12-28-21(11-19(18)32)31-24-29-13-20(37-24)16-3-5-17(26)6-4-16/h2-6,11-13,15H,1,7-10,14H2,(H2,27,35)(H,28,29,31). The predicted octanol–water partition coefficient (Wildman–Crippen LogP) is 3.10. The molecule has 0 radical (unpaired) electrons. The molecular weight excluding hydrogens is 497 g/mol. The lowest BCUT2D eigenvalue weighted by Gasteiger charge is -2.44. The molecule has 4 heterocycles. The zero-order chi connectivity index (χ0) is 26.0. The molecule has 0 aliphatic carbocycles. The first kappa shape index (κ1) is 24.5. The highest BCUT2D eigenvalue weighted by atomic mass is 32.1. The fourth-order valence-corrected chi connectivity index (χ4v) is 5.19. The molecule has 0 bridgehead atoms. The number of anilines is 2. The number of nitrogens with one attached hydrogen (secondary N) is 1. The number of aryl methyl sites for hydroxylation is 1. The van der Waals surface area contributed by atoms with Crippen LogP contribution in [0.2, 0.25) is 0 Å². The molecule has 37 heavy (non-hydrogen) atoms. The van der Waals surface area contributed by atoms with Crippen molar-refractivity contribution in [2.24, 2.45) is 5.73 Å². The Hall–Kier alpha value is -4.16. The molecule has 4 aromatic rings. The van der Waals surface area contributed by atoms with Gasteiger partial charge in [0.25, 0.3) is 0 Å². The van der Waals surface area contributed by atoms with E-state index in [1.165, 1.54) is 34.4 Å². The highest BCUT2D eigenvalue weighted by molar-refractivity contribution is 7.18. The molecule has 12 heteroatoms. The first-order valence-corrected chi connectivity index (χ1v) is 12.3. The number of hydrogen-bond donors (Lipinski definition) is 2.